The van der Waals surface area contributed by atoms with Crippen molar-refractivity contribution in [3.8, 4) is 0 Å². The Balaban J connectivity index is 2.10. The molecule has 1 aromatic rings. The van der Waals surface area contributed by atoms with Crippen LogP contribution in [-0.4, -0.2) is 23.9 Å². The molecular weight excluding hydrogens is 256 g/mol. The number of benzene rings is 1. The van der Waals surface area contributed by atoms with E-state index in [1.54, 1.807) is 0 Å². The van der Waals surface area contributed by atoms with Crippen LogP contribution >= 0.6 is 15.9 Å². The average molecular weight is 271 g/mol. The molecule has 1 unspecified atom stereocenters. The van der Waals surface area contributed by atoms with Gasteiger partial charge in [-0.3, -0.25) is 0 Å². The van der Waals surface area contributed by atoms with Gasteiger partial charge in [0.15, 0.2) is 0 Å². The minimum Gasteiger partial charge on any atom is -0.387 e. The zero-order chi connectivity index (χ0) is 10.7. The van der Waals surface area contributed by atoms with E-state index in [-0.39, 0.29) is 0 Å². The van der Waals surface area contributed by atoms with E-state index in [0.29, 0.717) is 13.0 Å². The summed E-state index contributed by atoms with van der Waals surface area (Å²) in [5.74, 6) is 0. The molecule has 15 heavy (non-hydrogen) atoms. The van der Waals surface area contributed by atoms with Crippen LogP contribution in [0.1, 0.15) is 18.4 Å². The fourth-order valence-corrected chi connectivity index (χ4v) is 2.40. The van der Waals surface area contributed by atoms with Gasteiger partial charge in [-0.25, -0.2) is 0 Å². The van der Waals surface area contributed by atoms with Crippen molar-refractivity contribution in [3.05, 3.63) is 34.3 Å². The van der Waals surface area contributed by atoms with Gasteiger partial charge in [-0.2, -0.15) is 0 Å². The highest BCUT2D eigenvalue weighted by molar-refractivity contribution is 9.10. The number of ether oxygens (including phenoxy) is 1. The van der Waals surface area contributed by atoms with Crippen LogP contribution in [-0.2, 0) is 11.2 Å². The second-order valence-electron chi connectivity index (χ2n) is 4.15. The second-order valence-corrected chi connectivity index (χ2v) is 5.00. The Kier molecular flexibility index (Phi) is 3.44. The summed E-state index contributed by atoms with van der Waals surface area (Å²) in [6.45, 7) is 1.23. The van der Waals surface area contributed by atoms with Gasteiger partial charge in [-0.1, -0.05) is 34.1 Å². The summed E-state index contributed by atoms with van der Waals surface area (Å²) >= 11 is 3.50. The summed E-state index contributed by atoms with van der Waals surface area (Å²) in [4.78, 5) is 0. The monoisotopic (exact) mass is 270 g/mol. The van der Waals surface area contributed by atoms with Crippen molar-refractivity contribution in [1.29, 1.82) is 0 Å². The first-order valence-electron chi connectivity index (χ1n) is 5.23. The van der Waals surface area contributed by atoms with Crippen LogP contribution < -0.4 is 0 Å². The predicted molar refractivity (Wildman–Crippen MR) is 62.8 cm³/mol. The molecule has 0 aliphatic carbocycles. The van der Waals surface area contributed by atoms with Crippen LogP contribution in [0.3, 0.4) is 0 Å². The first kappa shape index (κ1) is 11.1. The molecule has 1 aliphatic rings. The SMILES string of the molecule is OC1(Cc2ccccc2Br)CCCOC1. The zero-order valence-corrected chi connectivity index (χ0v) is 10.2. The summed E-state index contributed by atoms with van der Waals surface area (Å²) in [6.07, 6.45) is 2.43. The highest BCUT2D eigenvalue weighted by Crippen LogP contribution is 2.27. The van der Waals surface area contributed by atoms with E-state index in [4.69, 9.17) is 4.74 Å². The summed E-state index contributed by atoms with van der Waals surface area (Å²) in [6, 6.07) is 8.02. The third-order valence-corrected chi connectivity index (χ3v) is 3.55. The predicted octanol–water partition coefficient (Wildman–Crippen LogP) is 2.53. The van der Waals surface area contributed by atoms with Gasteiger partial charge >= 0.3 is 0 Å². The van der Waals surface area contributed by atoms with Crippen LogP contribution in [0, 0.1) is 0 Å². The van der Waals surface area contributed by atoms with Gasteiger partial charge in [-0.05, 0) is 24.5 Å². The van der Waals surface area contributed by atoms with Gasteiger partial charge in [0.25, 0.3) is 0 Å². The molecule has 1 aromatic carbocycles. The van der Waals surface area contributed by atoms with Crippen molar-refractivity contribution in [2.24, 2.45) is 0 Å². The lowest BCUT2D eigenvalue weighted by atomic mass is 9.89. The molecule has 2 rings (SSSR count). The number of halogens is 1. The molecule has 1 N–H and O–H groups in total. The Morgan fingerprint density at radius 2 is 2.20 bits per heavy atom. The molecule has 1 fully saturated rings. The molecule has 82 valence electrons. The van der Waals surface area contributed by atoms with Crippen LogP contribution in [0.4, 0.5) is 0 Å². The number of rotatable bonds is 2. The third kappa shape index (κ3) is 2.80. The molecule has 0 aromatic heterocycles. The van der Waals surface area contributed by atoms with E-state index in [9.17, 15) is 5.11 Å². The maximum atomic E-state index is 10.3. The van der Waals surface area contributed by atoms with E-state index >= 15 is 0 Å². The lowest BCUT2D eigenvalue weighted by molar-refractivity contribution is -0.0845. The van der Waals surface area contributed by atoms with Crippen molar-refractivity contribution in [3.63, 3.8) is 0 Å². The lowest BCUT2D eigenvalue weighted by Gasteiger charge is -2.32. The summed E-state index contributed by atoms with van der Waals surface area (Å²) in [7, 11) is 0. The Morgan fingerprint density at radius 3 is 2.87 bits per heavy atom. The molecule has 1 atom stereocenters. The highest BCUT2D eigenvalue weighted by atomic mass is 79.9. The maximum absolute atomic E-state index is 10.3. The fourth-order valence-electron chi connectivity index (χ4n) is 1.97. The number of hydrogen-bond donors (Lipinski definition) is 1. The molecular formula is C12H15BrO2. The smallest absolute Gasteiger partial charge is 0.0921 e. The zero-order valence-electron chi connectivity index (χ0n) is 8.58. The molecule has 0 bridgehead atoms. The van der Waals surface area contributed by atoms with E-state index in [0.717, 1.165) is 29.5 Å². The molecule has 0 amide bonds. The molecule has 0 saturated carbocycles. The van der Waals surface area contributed by atoms with Gasteiger partial charge in [-0.15, -0.1) is 0 Å². The van der Waals surface area contributed by atoms with Crippen molar-refractivity contribution in [1.82, 2.24) is 0 Å². The Morgan fingerprint density at radius 1 is 1.40 bits per heavy atom. The van der Waals surface area contributed by atoms with Crippen LogP contribution in [0.25, 0.3) is 0 Å². The first-order valence-corrected chi connectivity index (χ1v) is 6.02. The minimum atomic E-state index is -0.678. The maximum Gasteiger partial charge on any atom is 0.0921 e. The van der Waals surface area contributed by atoms with E-state index in [1.807, 2.05) is 24.3 Å². The number of aliphatic hydroxyl groups is 1. The van der Waals surface area contributed by atoms with Crippen LogP contribution in [0.5, 0.6) is 0 Å². The first-order chi connectivity index (χ1) is 7.20. The normalized spacial score (nSPS) is 26.5. The molecule has 2 nitrogen and oxygen atoms in total. The van der Waals surface area contributed by atoms with E-state index < -0.39 is 5.60 Å². The fraction of sp³-hybridized carbons (Fsp3) is 0.500. The van der Waals surface area contributed by atoms with Crippen LogP contribution in [0.15, 0.2) is 28.7 Å². The molecule has 0 spiro atoms. The quantitative estimate of drug-likeness (QED) is 0.895. The van der Waals surface area contributed by atoms with E-state index in [1.165, 1.54) is 0 Å². The summed E-state index contributed by atoms with van der Waals surface area (Å²) in [5.41, 5.74) is 0.466. The van der Waals surface area contributed by atoms with Gasteiger partial charge < -0.3 is 9.84 Å². The highest BCUT2D eigenvalue weighted by Gasteiger charge is 2.30. The van der Waals surface area contributed by atoms with Gasteiger partial charge in [0.1, 0.15) is 0 Å². The topological polar surface area (TPSA) is 29.5 Å². The van der Waals surface area contributed by atoms with Gasteiger partial charge in [0, 0.05) is 17.5 Å². The molecule has 1 aliphatic heterocycles. The Labute approximate surface area is 98.4 Å². The molecule has 0 radical (unpaired) electrons. The third-order valence-electron chi connectivity index (χ3n) is 2.78. The lowest BCUT2D eigenvalue weighted by Crippen LogP contribution is -2.40. The Hall–Kier alpha value is -0.380. The molecule has 3 heteroatoms. The van der Waals surface area contributed by atoms with E-state index in [2.05, 4.69) is 15.9 Å². The standard InChI is InChI=1S/C12H15BrO2/c13-11-5-2-1-4-10(11)8-12(14)6-3-7-15-9-12/h1-2,4-5,14H,3,6-9H2. The molecule has 1 heterocycles. The van der Waals surface area contributed by atoms with Crippen LogP contribution in [0.2, 0.25) is 0 Å². The van der Waals surface area contributed by atoms with Gasteiger partial charge in [0.05, 0.1) is 12.2 Å². The van der Waals surface area contributed by atoms with Gasteiger partial charge in [0.2, 0.25) is 0 Å². The molecule has 1 saturated heterocycles. The van der Waals surface area contributed by atoms with Crippen molar-refractivity contribution in [2.75, 3.05) is 13.2 Å². The second kappa shape index (κ2) is 4.64. The van der Waals surface area contributed by atoms with Crippen molar-refractivity contribution in [2.45, 2.75) is 24.9 Å². The summed E-state index contributed by atoms with van der Waals surface area (Å²) < 4.78 is 6.39. The minimum absolute atomic E-state index is 0.453. The largest absolute Gasteiger partial charge is 0.387 e. The number of hydrogen-bond acceptors (Lipinski definition) is 2. The Bertz CT molecular complexity index is 332. The van der Waals surface area contributed by atoms with Crippen molar-refractivity contribution >= 4 is 15.9 Å². The summed E-state index contributed by atoms with van der Waals surface area (Å²) in [5, 5.41) is 10.3. The average Bonchev–Trinajstić information content (AvgIpc) is 2.22. The van der Waals surface area contributed by atoms with Crippen molar-refractivity contribution < 1.29 is 9.84 Å².